The van der Waals surface area contributed by atoms with Gasteiger partial charge in [0.2, 0.25) is 0 Å². The predicted molar refractivity (Wildman–Crippen MR) is 86.0 cm³/mol. The van der Waals surface area contributed by atoms with E-state index in [-0.39, 0.29) is 0 Å². The number of rotatable bonds is 9. The molecule has 0 radical (unpaired) electrons. The summed E-state index contributed by atoms with van der Waals surface area (Å²) in [5, 5.41) is 3.64. The van der Waals surface area contributed by atoms with E-state index in [1.807, 2.05) is 0 Å². The predicted octanol–water partition coefficient (Wildman–Crippen LogP) is 2.50. The third-order valence-corrected chi connectivity index (χ3v) is 4.34. The lowest BCUT2D eigenvalue weighted by molar-refractivity contribution is 0.296. The molecule has 1 aromatic rings. The van der Waals surface area contributed by atoms with E-state index >= 15 is 0 Å². The summed E-state index contributed by atoms with van der Waals surface area (Å²) in [6.45, 7) is 9.42. The van der Waals surface area contributed by atoms with Gasteiger partial charge in [-0.05, 0) is 43.0 Å². The van der Waals surface area contributed by atoms with Crippen molar-refractivity contribution < 1.29 is 0 Å². The van der Waals surface area contributed by atoms with Crippen molar-refractivity contribution in [3.05, 3.63) is 35.4 Å². The molecule has 0 spiro atoms. The molecule has 1 fully saturated rings. The minimum absolute atomic E-state index is 0.294. The third-order valence-electron chi connectivity index (χ3n) is 4.34. The number of nitrogens with zero attached hydrogens (tertiary/aromatic N) is 1. The fourth-order valence-electron chi connectivity index (χ4n) is 2.85. The third kappa shape index (κ3) is 4.05. The van der Waals surface area contributed by atoms with Crippen molar-refractivity contribution >= 4 is 0 Å². The summed E-state index contributed by atoms with van der Waals surface area (Å²) in [7, 11) is 0. The zero-order chi connectivity index (χ0) is 14.4. The van der Waals surface area contributed by atoms with Crippen LogP contribution in [-0.2, 0) is 0 Å². The molecule has 3 heteroatoms. The maximum Gasteiger partial charge on any atom is 0.0447 e. The van der Waals surface area contributed by atoms with Crippen LogP contribution in [0.5, 0.6) is 0 Å². The van der Waals surface area contributed by atoms with Gasteiger partial charge in [-0.1, -0.05) is 38.1 Å². The first-order chi connectivity index (χ1) is 9.80. The Bertz CT molecular complexity index is 397. The smallest absolute Gasteiger partial charge is 0.0447 e. The highest BCUT2D eigenvalue weighted by atomic mass is 15.1. The van der Waals surface area contributed by atoms with Crippen LogP contribution in [0.15, 0.2) is 24.3 Å². The molecule has 1 atom stereocenters. The molecule has 1 aromatic carbocycles. The van der Waals surface area contributed by atoms with Crippen molar-refractivity contribution in [2.75, 3.05) is 32.7 Å². The van der Waals surface area contributed by atoms with Gasteiger partial charge in [-0.3, -0.25) is 0 Å². The average Bonchev–Trinajstić information content (AvgIpc) is 3.32. The fraction of sp³-hybridized carbons (Fsp3) is 0.647. The summed E-state index contributed by atoms with van der Waals surface area (Å²) in [6, 6.07) is 9.11. The van der Waals surface area contributed by atoms with Crippen molar-refractivity contribution in [3.63, 3.8) is 0 Å². The molecule has 0 bridgehead atoms. The molecule has 1 saturated carbocycles. The van der Waals surface area contributed by atoms with E-state index in [0.717, 1.165) is 32.1 Å². The van der Waals surface area contributed by atoms with Crippen LogP contribution in [0.3, 0.4) is 0 Å². The van der Waals surface area contributed by atoms with Crippen molar-refractivity contribution in [2.24, 2.45) is 5.73 Å². The van der Waals surface area contributed by atoms with E-state index in [1.54, 1.807) is 0 Å². The van der Waals surface area contributed by atoms with Crippen LogP contribution in [0.2, 0.25) is 0 Å². The van der Waals surface area contributed by atoms with Gasteiger partial charge >= 0.3 is 0 Å². The van der Waals surface area contributed by atoms with Gasteiger partial charge in [0, 0.05) is 25.7 Å². The quantitative estimate of drug-likeness (QED) is 0.727. The second kappa shape index (κ2) is 7.77. The van der Waals surface area contributed by atoms with Crippen LogP contribution in [0.4, 0.5) is 0 Å². The molecule has 3 nitrogen and oxygen atoms in total. The van der Waals surface area contributed by atoms with Gasteiger partial charge in [-0.15, -0.1) is 0 Å². The Kier molecular flexibility index (Phi) is 6.02. The van der Waals surface area contributed by atoms with Crippen molar-refractivity contribution in [2.45, 2.75) is 38.6 Å². The Labute approximate surface area is 123 Å². The Morgan fingerprint density at radius 2 is 1.95 bits per heavy atom. The highest BCUT2D eigenvalue weighted by Gasteiger charge is 2.27. The van der Waals surface area contributed by atoms with Gasteiger partial charge in [0.25, 0.3) is 0 Å². The molecule has 20 heavy (non-hydrogen) atoms. The van der Waals surface area contributed by atoms with Gasteiger partial charge in [0.1, 0.15) is 0 Å². The minimum Gasteiger partial charge on any atom is -0.329 e. The molecular weight excluding hydrogens is 246 g/mol. The molecule has 1 aliphatic carbocycles. The molecule has 0 aliphatic heterocycles. The molecule has 0 aromatic heterocycles. The Balaban J connectivity index is 1.94. The molecule has 0 amide bonds. The van der Waals surface area contributed by atoms with E-state index < -0.39 is 0 Å². The first kappa shape index (κ1) is 15.5. The SMILES string of the molecule is CCN(CC)CCNC(CN)c1ccccc1C1CC1. The van der Waals surface area contributed by atoms with Crippen molar-refractivity contribution in [1.29, 1.82) is 0 Å². The highest BCUT2D eigenvalue weighted by Crippen LogP contribution is 2.42. The Morgan fingerprint density at radius 3 is 2.55 bits per heavy atom. The summed E-state index contributed by atoms with van der Waals surface area (Å²) >= 11 is 0. The number of likely N-dealkylation sites (N-methyl/N-ethyl adjacent to an activating group) is 1. The molecule has 3 N–H and O–H groups in total. The topological polar surface area (TPSA) is 41.3 Å². The van der Waals surface area contributed by atoms with E-state index in [9.17, 15) is 0 Å². The van der Waals surface area contributed by atoms with Crippen LogP contribution in [0.25, 0.3) is 0 Å². The van der Waals surface area contributed by atoms with Crippen LogP contribution < -0.4 is 11.1 Å². The average molecular weight is 275 g/mol. The summed E-state index contributed by atoms with van der Waals surface area (Å²) in [6.07, 6.45) is 2.68. The van der Waals surface area contributed by atoms with Crippen LogP contribution in [0, 0.1) is 0 Å². The van der Waals surface area contributed by atoms with Crippen LogP contribution in [0.1, 0.15) is 49.8 Å². The first-order valence-corrected chi connectivity index (χ1v) is 8.04. The molecule has 0 heterocycles. The highest BCUT2D eigenvalue weighted by molar-refractivity contribution is 5.35. The zero-order valence-corrected chi connectivity index (χ0v) is 12.9. The number of hydrogen-bond donors (Lipinski definition) is 2. The lowest BCUT2D eigenvalue weighted by Crippen LogP contribution is -2.36. The van der Waals surface area contributed by atoms with E-state index in [1.165, 1.54) is 24.0 Å². The standard InChI is InChI=1S/C17H29N3/c1-3-20(4-2)12-11-19-17(13-18)16-8-6-5-7-15(16)14-9-10-14/h5-8,14,17,19H,3-4,9-13,18H2,1-2H3. The molecule has 1 aliphatic rings. The fourth-order valence-corrected chi connectivity index (χ4v) is 2.85. The first-order valence-electron chi connectivity index (χ1n) is 8.04. The largest absolute Gasteiger partial charge is 0.329 e. The second-order valence-corrected chi connectivity index (χ2v) is 5.67. The lowest BCUT2D eigenvalue weighted by atomic mass is 9.97. The Hall–Kier alpha value is -0.900. The number of benzene rings is 1. The molecule has 1 unspecified atom stereocenters. The monoisotopic (exact) mass is 275 g/mol. The lowest BCUT2D eigenvalue weighted by Gasteiger charge is -2.23. The molecule has 0 saturated heterocycles. The summed E-state index contributed by atoms with van der Waals surface area (Å²) in [4.78, 5) is 2.44. The van der Waals surface area contributed by atoms with Crippen LogP contribution >= 0.6 is 0 Å². The maximum atomic E-state index is 6.00. The van der Waals surface area contributed by atoms with E-state index in [2.05, 4.69) is 48.3 Å². The zero-order valence-electron chi connectivity index (χ0n) is 12.9. The van der Waals surface area contributed by atoms with E-state index in [0.29, 0.717) is 12.6 Å². The molecule has 2 rings (SSSR count). The minimum atomic E-state index is 0.294. The summed E-state index contributed by atoms with van der Waals surface area (Å²) in [5.41, 5.74) is 8.93. The summed E-state index contributed by atoms with van der Waals surface area (Å²) in [5.74, 6) is 0.782. The maximum absolute atomic E-state index is 6.00. The van der Waals surface area contributed by atoms with Gasteiger partial charge in [-0.2, -0.15) is 0 Å². The second-order valence-electron chi connectivity index (χ2n) is 5.67. The van der Waals surface area contributed by atoms with Gasteiger partial charge in [0.15, 0.2) is 0 Å². The number of nitrogens with two attached hydrogens (primary N) is 1. The van der Waals surface area contributed by atoms with E-state index in [4.69, 9.17) is 5.73 Å². The number of hydrogen-bond acceptors (Lipinski definition) is 3. The van der Waals surface area contributed by atoms with Gasteiger partial charge < -0.3 is 16.0 Å². The Morgan fingerprint density at radius 1 is 1.25 bits per heavy atom. The van der Waals surface area contributed by atoms with Crippen molar-refractivity contribution in [1.82, 2.24) is 10.2 Å². The number of nitrogens with one attached hydrogen (secondary N) is 1. The van der Waals surface area contributed by atoms with Crippen molar-refractivity contribution in [3.8, 4) is 0 Å². The van der Waals surface area contributed by atoms with Gasteiger partial charge in [0.05, 0.1) is 0 Å². The summed E-state index contributed by atoms with van der Waals surface area (Å²) < 4.78 is 0. The molecular formula is C17H29N3. The molecule has 112 valence electrons. The van der Waals surface area contributed by atoms with Crippen LogP contribution in [-0.4, -0.2) is 37.6 Å². The normalized spacial score (nSPS) is 16.6. The van der Waals surface area contributed by atoms with Gasteiger partial charge in [-0.25, -0.2) is 0 Å².